The van der Waals surface area contributed by atoms with Crippen molar-refractivity contribution in [1.82, 2.24) is 9.97 Å². The van der Waals surface area contributed by atoms with Crippen LogP contribution in [0.5, 0.6) is 5.75 Å². The summed E-state index contributed by atoms with van der Waals surface area (Å²) >= 11 is 0. The normalized spacial score (nSPS) is 13.3. The standard InChI is InChI=1S/C35H39FN2O.C2H4/c1-5-6-10-31(26-12-13-26)27-9-7-8-25(20-27)11-14-29-22-37-35(32-21-30(39-4)15-16-33(32)36)34(38-29)28-18-23(2)17-24(3)19-28;1-2/h7-9,15-22,26,31H,5-6,10-14H2,1-4H3;1-2H2. The molecule has 5 rings (SSSR count). The minimum absolute atomic E-state index is 0.339. The van der Waals surface area contributed by atoms with E-state index in [1.165, 1.54) is 49.3 Å². The number of rotatable bonds is 11. The summed E-state index contributed by atoms with van der Waals surface area (Å²) < 4.78 is 20.4. The maximum absolute atomic E-state index is 15.0. The molecule has 1 aliphatic rings. The Kier molecular flexibility index (Phi) is 10.5. The van der Waals surface area contributed by atoms with Crippen molar-refractivity contribution in [3.63, 3.8) is 0 Å². The van der Waals surface area contributed by atoms with Gasteiger partial charge < -0.3 is 4.74 Å². The van der Waals surface area contributed by atoms with Gasteiger partial charge in [-0.3, -0.25) is 4.98 Å². The van der Waals surface area contributed by atoms with E-state index < -0.39 is 0 Å². The second-order valence-electron chi connectivity index (χ2n) is 11.1. The predicted octanol–water partition coefficient (Wildman–Crippen LogP) is 9.85. The van der Waals surface area contributed by atoms with Gasteiger partial charge in [0.05, 0.1) is 24.2 Å². The highest BCUT2D eigenvalue weighted by molar-refractivity contribution is 5.79. The average Bonchev–Trinajstić information content (AvgIpc) is 3.83. The van der Waals surface area contributed by atoms with Gasteiger partial charge in [-0.05, 0) is 99.2 Å². The van der Waals surface area contributed by atoms with Crippen molar-refractivity contribution in [2.75, 3.05) is 7.11 Å². The van der Waals surface area contributed by atoms with Crippen LogP contribution in [0.3, 0.4) is 0 Å². The van der Waals surface area contributed by atoms with Gasteiger partial charge in [-0.25, -0.2) is 9.37 Å². The van der Waals surface area contributed by atoms with E-state index in [9.17, 15) is 0 Å². The molecule has 3 aromatic carbocycles. The molecule has 4 heteroatoms. The Labute approximate surface area is 245 Å². The Bertz CT molecular complexity index is 1440. The van der Waals surface area contributed by atoms with E-state index in [1.54, 1.807) is 25.4 Å². The summed E-state index contributed by atoms with van der Waals surface area (Å²) in [7, 11) is 1.59. The van der Waals surface area contributed by atoms with Crippen LogP contribution in [0.4, 0.5) is 4.39 Å². The van der Waals surface area contributed by atoms with Crippen LogP contribution < -0.4 is 4.74 Å². The van der Waals surface area contributed by atoms with E-state index >= 15 is 4.39 Å². The fourth-order valence-electron chi connectivity index (χ4n) is 5.72. The topological polar surface area (TPSA) is 35.0 Å². The number of ether oxygens (including phenoxy) is 1. The molecule has 0 spiro atoms. The van der Waals surface area contributed by atoms with Crippen molar-refractivity contribution < 1.29 is 9.13 Å². The van der Waals surface area contributed by atoms with Gasteiger partial charge >= 0.3 is 0 Å². The van der Waals surface area contributed by atoms with Crippen LogP contribution in [0.15, 0.2) is 80.0 Å². The molecule has 214 valence electrons. The first-order valence-electron chi connectivity index (χ1n) is 14.8. The summed E-state index contributed by atoms with van der Waals surface area (Å²) in [6, 6.07) is 20.3. The molecule has 1 atom stereocenters. The van der Waals surface area contributed by atoms with Crippen molar-refractivity contribution in [3.05, 3.63) is 114 Å². The monoisotopic (exact) mass is 550 g/mol. The molecule has 0 aliphatic heterocycles. The lowest BCUT2D eigenvalue weighted by atomic mass is 9.88. The van der Waals surface area contributed by atoms with Gasteiger partial charge in [0.25, 0.3) is 0 Å². The zero-order valence-corrected chi connectivity index (χ0v) is 25.1. The van der Waals surface area contributed by atoms with Gasteiger partial charge in [0, 0.05) is 17.3 Å². The number of benzene rings is 3. The number of halogens is 1. The van der Waals surface area contributed by atoms with Crippen molar-refractivity contribution in [3.8, 4) is 28.3 Å². The zero-order valence-electron chi connectivity index (χ0n) is 25.1. The molecular formula is C37H43FN2O. The Balaban J connectivity index is 0.00000189. The molecule has 1 aromatic heterocycles. The second kappa shape index (κ2) is 14.2. The van der Waals surface area contributed by atoms with Crippen molar-refractivity contribution in [2.45, 2.75) is 71.6 Å². The van der Waals surface area contributed by atoms with Crippen molar-refractivity contribution in [2.24, 2.45) is 5.92 Å². The second-order valence-corrected chi connectivity index (χ2v) is 11.1. The largest absolute Gasteiger partial charge is 0.497 e. The van der Waals surface area contributed by atoms with Crippen molar-refractivity contribution in [1.29, 1.82) is 0 Å². The molecule has 1 aliphatic carbocycles. The minimum Gasteiger partial charge on any atom is -0.497 e. The summed E-state index contributed by atoms with van der Waals surface area (Å²) in [5.74, 6) is 1.81. The summed E-state index contributed by atoms with van der Waals surface area (Å²) in [5, 5.41) is 0. The van der Waals surface area contributed by atoms with E-state index in [-0.39, 0.29) is 5.82 Å². The number of hydrogen-bond acceptors (Lipinski definition) is 3. The molecule has 0 amide bonds. The maximum atomic E-state index is 15.0. The smallest absolute Gasteiger partial charge is 0.132 e. The third-order valence-electron chi connectivity index (χ3n) is 7.85. The van der Waals surface area contributed by atoms with Crippen LogP contribution in [-0.2, 0) is 12.8 Å². The number of unbranched alkanes of at least 4 members (excludes halogenated alkanes) is 1. The van der Waals surface area contributed by atoms with Gasteiger partial charge in [-0.15, -0.1) is 13.2 Å². The molecule has 0 radical (unpaired) electrons. The highest BCUT2D eigenvalue weighted by Gasteiger charge is 2.31. The van der Waals surface area contributed by atoms with Gasteiger partial charge in [-0.2, -0.15) is 0 Å². The number of aryl methyl sites for hydroxylation is 4. The predicted molar refractivity (Wildman–Crippen MR) is 169 cm³/mol. The molecule has 4 aromatic rings. The zero-order chi connectivity index (χ0) is 29.4. The lowest BCUT2D eigenvalue weighted by Gasteiger charge is -2.17. The van der Waals surface area contributed by atoms with Gasteiger partial charge in [0.1, 0.15) is 11.6 Å². The Morgan fingerprint density at radius 3 is 2.39 bits per heavy atom. The summed E-state index contributed by atoms with van der Waals surface area (Å²) in [6.07, 6.45) is 10.1. The first kappa shape index (κ1) is 30.2. The highest BCUT2D eigenvalue weighted by Crippen LogP contribution is 2.45. The number of aromatic nitrogens is 2. The molecule has 0 saturated heterocycles. The van der Waals surface area contributed by atoms with Crippen LogP contribution in [0.25, 0.3) is 22.5 Å². The molecule has 1 unspecified atom stereocenters. The number of methoxy groups -OCH3 is 1. The van der Waals surface area contributed by atoms with E-state index in [0.29, 0.717) is 28.6 Å². The third-order valence-corrected chi connectivity index (χ3v) is 7.85. The van der Waals surface area contributed by atoms with Gasteiger partial charge in [0.15, 0.2) is 0 Å². The summed E-state index contributed by atoms with van der Waals surface area (Å²) in [6.45, 7) is 12.4. The maximum Gasteiger partial charge on any atom is 0.132 e. The first-order valence-corrected chi connectivity index (χ1v) is 14.8. The van der Waals surface area contributed by atoms with Crippen molar-refractivity contribution >= 4 is 0 Å². The molecule has 1 saturated carbocycles. The summed E-state index contributed by atoms with van der Waals surface area (Å²) in [4.78, 5) is 9.87. The van der Waals surface area contributed by atoms with Crippen LogP contribution >= 0.6 is 0 Å². The van der Waals surface area contributed by atoms with Crippen LogP contribution in [0.2, 0.25) is 0 Å². The minimum atomic E-state index is -0.339. The molecule has 1 heterocycles. The Hall–Kier alpha value is -3.79. The molecule has 0 bridgehead atoms. The van der Waals surface area contributed by atoms with E-state index in [2.05, 4.69) is 76.4 Å². The number of hydrogen-bond donors (Lipinski definition) is 0. The van der Waals surface area contributed by atoms with E-state index in [1.807, 2.05) is 0 Å². The van der Waals surface area contributed by atoms with Gasteiger partial charge in [-0.1, -0.05) is 61.2 Å². The molecular weight excluding hydrogens is 507 g/mol. The van der Waals surface area contributed by atoms with E-state index in [0.717, 1.165) is 41.1 Å². The first-order chi connectivity index (χ1) is 19.9. The summed E-state index contributed by atoms with van der Waals surface area (Å²) in [5.41, 5.74) is 8.60. The third kappa shape index (κ3) is 7.70. The molecule has 41 heavy (non-hydrogen) atoms. The van der Waals surface area contributed by atoms with Crippen LogP contribution in [-0.4, -0.2) is 17.1 Å². The van der Waals surface area contributed by atoms with Crippen LogP contribution in [0.1, 0.15) is 72.9 Å². The average molecular weight is 551 g/mol. The molecule has 3 nitrogen and oxygen atoms in total. The molecule has 0 N–H and O–H groups in total. The highest BCUT2D eigenvalue weighted by atomic mass is 19.1. The van der Waals surface area contributed by atoms with Gasteiger partial charge in [0.2, 0.25) is 0 Å². The Morgan fingerprint density at radius 1 is 0.951 bits per heavy atom. The molecule has 1 fully saturated rings. The lowest BCUT2D eigenvalue weighted by Crippen LogP contribution is -2.04. The van der Waals surface area contributed by atoms with Crippen LogP contribution in [0, 0.1) is 25.6 Å². The van der Waals surface area contributed by atoms with E-state index in [4.69, 9.17) is 14.7 Å². The number of nitrogens with zero attached hydrogens (tertiary/aromatic N) is 2. The quantitative estimate of drug-likeness (QED) is 0.174. The lowest BCUT2D eigenvalue weighted by molar-refractivity contribution is 0.414. The fraction of sp³-hybridized carbons (Fsp3) is 0.351. The SMILES string of the molecule is C=C.CCCCC(c1cccc(CCc2cnc(-c3cc(OC)ccc3F)c(-c3cc(C)cc(C)c3)n2)c1)C1CC1. The Morgan fingerprint density at radius 2 is 1.71 bits per heavy atom. The fourth-order valence-corrected chi connectivity index (χ4v) is 5.72.